The Bertz CT molecular complexity index is 1550. The summed E-state index contributed by atoms with van der Waals surface area (Å²) in [6.45, 7) is 12.9. The largest absolute Gasteiger partial charge is 0.496 e. The number of nitrogens with two attached hydrogens (primary N) is 1. The maximum atomic E-state index is 13.9. The molecular formula is C37H49NO9. The molecule has 6 N–H and O–H groups in total. The number of ether oxygens (including phenoxy) is 1. The van der Waals surface area contributed by atoms with Gasteiger partial charge in [0.25, 0.3) is 0 Å². The van der Waals surface area contributed by atoms with Crippen LogP contribution in [0.25, 0.3) is 0 Å². The van der Waals surface area contributed by atoms with Gasteiger partial charge in [-0.3, -0.25) is 19.2 Å². The van der Waals surface area contributed by atoms with E-state index in [0.717, 1.165) is 0 Å². The number of hydrogen-bond acceptors (Lipinski definition) is 10. The summed E-state index contributed by atoms with van der Waals surface area (Å²) >= 11 is 0. The summed E-state index contributed by atoms with van der Waals surface area (Å²) in [4.78, 5) is 55.0. The highest BCUT2D eigenvalue weighted by Crippen LogP contribution is 2.38. The van der Waals surface area contributed by atoms with Crippen molar-refractivity contribution in [3.05, 3.63) is 75.4 Å². The van der Waals surface area contributed by atoms with Crippen molar-refractivity contribution in [2.24, 2.45) is 35.3 Å². The van der Waals surface area contributed by atoms with Crippen molar-refractivity contribution in [3.8, 4) is 5.75 Å². The van der Waals surface area contributed by atoms with Gasteiger partial charge in [-0.15, -0.1) is 0 Å². The van der Waals surface area contributed by atoms with Crippen LogP contribution >= 0.6 is 0 Å². The lowest BCUT2D eigenvalue weighted by Crippen LogP contribution is -2.45. The molecule has 3 aliphatic rings. The highest BCUT2D eigenvalue weighted by atomic mass is 16.5. The minimum Gasteiger partial charge on any atom is -0.496 e. The normalized spacial score (nSPS) is 33.4. The number of methoxy groups -OCH3 is 1. The van der Waals surface area contributed by atoms with Crippen LogP contribution < -0.4 is 10.5 Å². The minimum atomic E-state index is -1.46. The molecule has 256 valence electrons. The lowest BCUT2D eigenvalue weighted by Gasteiger charge is -2.36. The number of aliphatic hydroxyl groups is 4. The Balaban J connectivity index is 2.23. The SMILES string of the molecule is COc1c(C)cc2c3c1C(=O)C=CC(C)C(O)C(C)C(O)C(C)C(O)C(C)C(O)C(C)C=CC=C(C)C(=O)C(N)C(=C(C)C3=O)C2=O. The number of carbonyl (C=O) groups excluding carboxylic acids is 4. The van der Waals surface area contributed by atoms with Crippen LogP contribution in [-0.4, -0.2) is 81.1 Å². The van der Waals surface area contributed by atoms with Crippen molar-refractivity contribution in [1.82, 2.24) is 0 Å². The molecule has 4 rings (SSSR count). The van der Waals surface area contributed by atoms with Crippen molar-refractivity contribution in [3.63, 3.8) is 0 Å². The molecule has 3 aliphatic carbocycles. The van der Waals surface area contributed by atoms with Crippen molar-refractivity contribution in [2.45, 2.75) is 85.8 Å². The molecule has 4 bridgehead atoms. The molecule has 0 amide bonds. The number of aryl methyl sites for hydroxylation is 1. The van der Waals surface area contributed by atoms with Crippen molar-refractivity contribution < 1.29 is 44.3 Å². The van der Waals surface area contributed by atoms with E-state index in [1.165, 1.54) is 45.3 Å². The van der Waals surface area contributed by atoms with Crippen LogP contribution in [0.4, 0.5) is 0 Å². The summed E-state index contributed by atoms with van der Waals surface area (Å²) in [5, 5.41) is 44.4. The summed E-state index contributed by atoms with van der Waals surface area (Å²) < 4.78 is 5.52. The van der Waals surface area contributed by atoms with E-state index in [9.17, 15) is 39.6 Å². The number of aliphatic hydroxyl groups excluding tert-OH is 4. The molecule has 10 atom stereocenters. The molecule has 0 heterocycles. The Hall–Kier alpha value is -3.54. The number of ketones is 4. The second kappa shape index (κ2) is 15.1. The number of carbonyl (C=O) groups is 4. The van der Waals surface area contributed by atoms with Gasteiger partial charge in [-0.2, -0.15) is 0 Å². The molecule has 1 aromatic rings. The van der Waals surface area contributed by atoms with Crippen LogP contribution in [-0.2, 0) is 4.79 Å². The zero-order valence-electron chi connectivity index (χ0n) is 28.6. The number of fused-ring (bicyclic) bond motifs is 15. The summed E-state index contributed by atoms with van der Waals surface area (Å²) in [7, 11) is 1.35. The predicted octanol–water partition coefficient (Wildman–Crippen LogP) is 3.47. The highest BCUT2D eigenvalue weighted by molar-refractivity contribution is 6.32. The lowest BCUT2D eigenvalue weighted by atomic mass is 9.76. The Morgan fingerprint density at radius 1 is 0.723 bits per heavy atom. The van der Waals surface area contributed by atoms with E-state index in [1.807, 2.05) is 0 Å². The average molecular weight is 652 g/mol. The third kappa shape index (κ3) is 7.32. The summed E-state index contributed by atoms with van der Waals surface area (Å²) in [5.74, 6) is -5.64. The standard InChI is InChI=1S/C37H49NO9/c1-16-11-10-12-17(2)32(42)29(38)26-20(5)35(45)27-24(36(26)46)15-19(4)37(47-9)28(27)25(39)14-13-18(3)31(41)22(7)34(44)23(8)33(43)21(6)30(16)40/h10-16,18,21-23,29-31,33-34,40-41,43-44H,38H2,1-9H3. The zero-order chi connectivity index (χ0) is 35.7. The van der Waals surface area contributed by atoms with E-state index in [1.54, 1.807) is 53.7 Å². The zero-order valence-corrected chi connectivity index (χ0v) is 28.6. The van der Waals surface area contributed by atoms with Crippen molar-refractivity contribution in [2.75, 3.05) is 7.11 Å². The summed E-state index contributed by atoms with van der Waals surface area (Å²) in [6, 6.07) is -0.00723. The van der Waals surface area contributed by atoms with Crippen LogP contribution in [0, 0.1) is 36.5 Å². The fraction of sp³-hybridized carbons (Fsp3) is 0.514. The Morgan fingerprint density at radius 2 is 1.23 bits per heavy atom. The molecule has 0 aliphatic heterocycles. The second-order valence-electron chi connectivity index (χ2n) is 13.3. The first-order valence-corrected chi connectivity index (χ1v) is 16.0. The average Bonchev–Trinajstić information content (AvgIpc) is 3.05. The molecule has 0 radical (unpaired) electrons. The fourth-order valence-electron chi connectivity index (χ4n) is 6.62. The molecule has 47 heavy (non-hydrogen) atoms. The highest BCUT2D eigenvalue weighted by Gasteiger charge is 2.40. The topological polar surface area (TPSA) is 184 Å². The third-order valence-electron chi connectivity index (χ3n) is 9.98. The molecule has 0 saturated heterocycles. The van der Waals surface area contributed by atoms with Gasteiger partial charge in [-0.1, -0.05) is 58.9 Å². The molecule has 1 aromatic carbocycles. The van der Waals surface area contributed by atoms with E-state index in [2.05, 4.69) is 0 Å². The molecule has 10 unspecified atom stereocenters. The van der Waals surface area contributed by atoms with Crippen molar-refractivity contribution >= 4 is 23.1 Å². The maximum absolute atomic E-state index is 13.9. The van der Waals surface area contributed by atoms with Gasteiger partial charge in [0.15, 0.2) is 23.1 Å². The van der Waals surface area contributed by atoms with Gasteiger partial charge in [0.2, 0.25) is 0 Å². The predicted molar refractivity (Wildman–Crippen MR) is 178 cm³/mol. The molecule has 0 spiro atoms. The number of benzene rings is 1. The number of Topliss-reactive ketones (excluding diaryl/α,β-unsaturated/α-hetero) is 3. The smallest absolute Gasteiger partial charge is 0.192 e. The number of hydrogen-bond donors (Lipinski definition) is 5. The number of rotatable bonds is 1. The van der Waals surface area contributed by atoms with Gasteiger partial charge in [-0.05, 0) is 44.1 Å². The van der Waals surface area contributed by atoms with E-state index in [-0.39, 0.29) is 39.2 Å². The van der Waals surface area contributed by atoms with Crippen LogP contribution in [0.1, 0.15) is 85.1 Å². The summed E-state index contributed by atoms with van der Waals surface area (Å²) in [6.07, 6.45) is 2.95. The Labute approximate surface area is 276 Å². The van der Waals surface area contributed by atoms with E-state index >= 15 is 0 Å². The molecule has 0 fully saturated rings. The number of allylic oxidation sites excluding steroid dienone is 4. The Morgan fingerprint density at radius 3 is 1.77 bits per heavy atom. The van der Waals surface area contributed by atoms with Gasteiger partial charge in [0, 0.05) is 51.9 Å². The van der Waals surface area contributed by atoms with Crippen LogP contribution in [0.3, 0.4) is 0 Å². The molecule has 0 saturated carbocycles. The van der Waals surface area contributed by atoms with Crippen LogP contribution in [0.15, 0.2) is 53.2 Å². The third-order valence-corrected chi connectivity index (χ3v) is 9.98. The van der Waals surface area contributed by atoms with Gasteiger partial charge in [0.05, 0.1) is 43.1 Å². The summed E-state index contributed by atoms with van der Waals surface area (Å²) in [5.41, 5.74) is 6.41. The fourth-order valence-corrected chi connectivity index (χ4v) is 6.62. The van der Waals surface area contributed by atoms with E-state index < -0.39 is 83.2 Å². The molecule has 10 heteroatoms. The minimum absolute atomic E-state index is 0.0565. The van der Waals surface area contributed by atoms with Crippen LogP contribution in [0.2, 0.25) is 0 Å². The molecule has 0 aromatic heterocycles. The second-order valence-corrected chi connectivity index (χ2v) is 13.3. The van der Waals surface area contributed by atoms with Gasteiger partial charge >= 0.3 is 0 Å². The first-order valence-electron chi connectivity index (χ1n) is 16.0. The monoisotopic (exact) mass is 651 g/mol. The van der Waals surface area contributed by atoms with Crippen LogP contribution in [0.5, 0.6) is 5.75 Å². The quantitative estimate of drug-likeness (QED) is 0.301. The van der Waals surface area contributed by atoms with E-state index in [0.29, 0.717) is 5.56 Å². The van der Waals surface area contributed by atoms with Gasteiger partial charge < -0.3 is 30.9 Å². The van der Waals surface area contributed by atoms with E-state index in [4.69, 9.17) is 10.5 Å². The molecule has 10 nitrogen and oxygen atoms in total. The van der Waals surface area contributed by atoms with Gasteiger partial charge in [0.1, 0.15) is 5.75 Å². The van der Waals surface area contributed by atoms with Crippen molar-refractivity contribution in [1.29, 1.82) is 0 Å². The Kier molecular flexibility index (Phi) is 12.2. The first-order chi connectivity index (χ1) is 21.9. The maximum Gasteiger partial charge on any atom is 0.192 e. The van der Waals surface area contributed by atoms with Gasteiger partial charge in [-0.25, -0.2) is 0 Å². The first kappa shape index (κ1) is 37.9. The lowest BCUT2D eigenvalue weighted by molar-refractivity contribution is -0.116. The molecular weight excluding hydrogens is 602 g/mol.